The average Bonchev–Trinajstić information content (AvgIpc) is 0.883. The highest BCUT2D eigenvalue weighted by molar-refractivity contribution is 8.00. The molecule has 0 radical (unpaired) electrons. The summed E-state index contributed by atoms with van der Waals surface area (Å²) in [6.07, 6.45) is 5.63. The predicted octanol–water partition coefficient (Wildman–Crippen LogP) is 8.23. The average molecular weight is 1430 g/mol. The molecule has 1 unspecified atom stereocenters. The first-order valence-electron chi connectivity index (χ1n) is 34.3. The van der Waals surface area contributed by atoms with Gasteiger partial charge in [-0.15, -0.1) is 5.10 Å². The van der Waals surface area contributed by atoms with E-state index in [-0.39, 0.29) is 121 Å². The third-order valence-electron chi connectivity index (χ3n) is 16.6. The summed E-state index contributed by atoms with van der Waals surface area (Å²) < 4.78 is 70.9. The number of hydrogen-bond donors (Lipinski definition) is 5. The molecule has 0 spiro atoms. The molecule has 0 bridgehead atoms. The Morgan fingerprint density at radius 3 is 2.06 bits per heavy atom. The van der Waals surface area contributed by atoms with Crippen LogP contribution in [0.25, 0.3) is 0 Å². The van der Waals surface area contributed by atoms with E-state index in [1.54, 1.807) is 104 Å². The van der Waals surface area contributed by atoms with Crippen molar-refractivity contribution in [2.24, 2.45) is 5.92 Å². The first-order valence-corrected chi connectivity index (χ1v) is 35.3. The van der Waals surface area contributed by atoms with Gasteiger partial charge in [-0.1, -0.05) is 48.0 Å². The minimum atomic E-state index is -1.11. The zero-order chi connectivity index (χ0) is 72.2. The molecule has 2 saturated heterocycles. The number of benzene rings is 5. The van der Waals surface area contributed by atoms with Crippen molar-refractivity contribution in [3.63, 3.8) is 0 Å². The van der Waals surface area contributed by atoms with Crippen molar-refractivity contribution in [2.75, 3.05) is 99.6 Å². The van der Waals surface area contributed by atoms with Gasteiger partial charge in [-0.05, 0) is 125 Å². The summed E-state index contributed by atoms with van der Waals surface area (Å²) in [7, 11) is 4.29. The summed E-state index contributed by atoms with van der Waals surface area (Å²) in [4.78, 5) is 90.8. The van der Waals surface area contributed by atoms with Gasteiger partial charge in [-0.2, -0.15) is 11.8 Å². The zero-order valence-electron chi connectivity index (χ0n) is 58.5. The Morgan fingerprint density at radius 2 is 1.35 bits per heavy atom. The minimum absolute atomic E-state index is 0.0156. The third-order valence-corrected chi connectivity index (χ3v) is 18.1. The number of carbonyl (C=O) groups excluding carboxylic acids is 7. The first kappa shape index (κ1) is 76.5. The van der Waals surface area contributed by atoms with Crippen LogP contribution in [0.5, 0.6) is 46.0 Å². The maximum Gasteiger partial charge on any atom is 0.408 e. The summed E-state index contributed by atoms with van der Waals surface area (Å²) in [5.41, 5.74) is 2.41. The van der Waals surface area contributed by atoms with Gasteiger partial charge in [0.15, 0.2) is 34.6 Å². The van der Waals surface area contributed by atoms with Crippen LogP contribution in [0, 0.1) is 5.92 Å². The van der Waals surface area contributed by atoms with Gasteiger partial charge in [0.1, 0.15) is 46.8 Å². The molecule has 3 aliphatic heterocycles. The van der Waals surface area contributed by atoms with Crippen LogP contribution in [0.15, 0.2) is 109 Å². The minimum Gasteiger partial charge on any atom is -0.494 e. The monoisotopic (exact) mass is 1430 g/mol. The SMILES string of the molecule is COc1ccc(CC2COc3cc(OCCCC(=O)NCCCOc4ccc(C(=O)c5ccc(OCc6cn(CCOCCOCCOCCNC(=O)CCCC[C@@H]7SC[C@@H]8NC(=O)N[C@@H]87)nn6)cc5)cc4)c(OC)c(OC)c3C2=O)cc1OC(=O)[C@H](Cc1ccccc1)NC(=O)OC(C)(C)C. The Balaban J connectivity index is 0.604. The van der Waals surface area contributed by atoms with Crippen molar-refractivity contribution in [3.05, 3.63) is 143 Å². The maximum absolute atomic E-state index is 14.3. The van der Waals surface area contributed by atoms with Crippen molar-refractivity contribution < 1.29 is 90.4 Å². The van der Waals surface area contributed by atoms with E-state index in [0.29, 0.717) is 124 Å². The molecule has 0 aliphatic carbocycles. The van der Waals surface area contributed by atoms with Crippen LogP contribution < -0.4 is 64.5 Å². The van der Waals surface area contributed by atoms with E-state index in [9.17, 15) is 33.6 Å². The number of ether oxygens (including phenoxy) is 12. The fourth-order valence-corrected chi connectivity index (χ4v) is 13.0. The molecular weight excluding hydrogens is 1340 g/mol. The number of methoxy groups -OCH3 is 3. The Labute approximate surface area is 597 Å². The first-order chi connectivity index (χ1) is 49.4. The van der Waals surface area contributed by atoms with Crippen molar-refractivity contribution in [2.45, 2.75) is 121 Å². The molecule has 5 aromatic carbocycles. The van der Waals surface area contributed by atoms with Gasteiger partial charge >= 0.3 is 18.1 Å². The summed E-state index contributed by atoms with van der Waals surface area (Å²) >= 11 is 1.89. The number of unbranched alkanes of at least 4 members (excludes halogenated alkanes) is 1. The number of thioether (sulfide) groups is 1. The predicted molar refractivity (Wildman–Crippen MR) is 376 cm³/mol. The summed E-state index contributed by atoms with van der Waals surface area (Å²) in [5, 5.41) is 23.2. The second-order valence-electron chi connectivity index (χ2n) is 25.4. The Hall–Kier alpha value is -9.64. The molecule has 9 rings (SSSR count). The molecular formula is C74H92N8O19S. The zero-order valence-corrected chi connectivity index (χ0v) is 59.4. The molecule has 1 aromatic heterocycles. The van der Waals surface area contributed by atoms with E-state index in [1.807, 2.05) is 42.1 Å². The normalized spacial score (nSPS) is 16.2. The smallest absolute Gasteiger partial charge is 0.408 e. The number of aromatic nitrogens is 3. The number of carbonyl (C=O) groups is 7. The van der Waals surface area contributed by atoms with Gasteiger partial charge in [-0.3, -0.25) is 19.2 Å². The molecule has 3 aliphatic rings. The van der Waals surface area contributed by atoms with Gasteiger partial charge in [0, 0.05) is 60.5 Å². The van der Waals surface area contributed by atoms with Crippen LogP contribution in [-0.4, -0.2) is 185 Å². The van der Waals surface area contributed by atoms with Crippen LogP contribution in [0.3, 0.4) is 0 Å². The second kappa shape index (κ2) is 39.0. The fraction of sp³-hybridized carbons (Fsp3) is 0.473. The number of fused-ring (bicyclic) bond motifs is 2. The standard InChI is InChI=1S/C74H92N8O19S/c1-74(2,3)101-73(89)78-56(41-48-14-8-7-9-15-48)71(87)100-59-42-49(19-28-58(59)90-4)40-52-45-99-60-43-61(69(91-5)70(92-6)65(60)68(52)86)97-32-12-18-64(84)75-29-13-33-96-54-24-20-50(21-25-54)67(85)51-22-26-55(27-23-51)98-46-53-44-82(81-80-53)31-35-94-37-39-95-38-36-93-34-30-76-63(83)17-11-10-16-62-66-57(47-102-62)77-72(88)79-66/h7-9,14-15,19-28,42-44,52,56-57,62,66H,10-13,16-18,29-41,45-47H2,1-6H3,(H,75,84)(H,76,83)(H,78,89)(H2,77,79,88)/t52?,56-,57-,62-,66-/m0/s1. The van der Waals surface area contributed by atoms with E-state index in [1.165, 1.54) is 21.3 Å². The molecule has 5 amide bonds. The van der Waals surface area contributed by atoms with Crippen LogP contribution in [0.2, 0.25) is 0 Å². The molecule has 2 fully saturated rings. The van der Waals surface area contributed by atoms with Crippen molar-refractivity contribution in [1.29, 1.82) is 0 Å². The number of esters is 1. The molecule has 27 nitrogen and oxygen atoms in total. The Morgan fingerprint density at radius 1 is 0.676 bits per heavy atom. The maximum atomic E-state index is 14.3. The topological polar surface area (TPSA) is 321 Å². The number of nitrogens with zero attached hydrogens (tertiary/aromatic N) is 3. The molecule has 4 heterocycles. The summed E-state index contributed by atoms with van der Waals surface area (Å²) in [5.74, 6) is 1.26. The molecule has 548 valence electrons. The molecule has 28 heteroatoms. The van der Waals surface area contributed by atoms with Crippen molar-refractivity contribution in [1.82, 2.24) is 41.6 Å². The lowest BCUT2D eigenvalue weighted by Gasteiger charge is -2.27. The number of ketones is 2. The van der Waals surface area contributed by atoms with Crippen LogP contribution in [0.4, 0.5) is 9.59 Å². The number of urea groups is 1. The fourth-order valence-electron chi connectivity index (χ4n) is 11.5. The van der Waals surface area contributed by atoms with Gasteiger partial charge in [0.2, 0.25) is 17.6 Å². The lowest BCUT2D eigenvalue weighted by molar-refractivity contribution is -0.137. The lowest BCUT2D eigenvalue weighted by Crippen LogP contribution is -2.46. The van der Waals surface area contributed by atoms with Gasteiger partial charge in [0.25, 0.3) is 0 Å². The number of Topliss-reactive ketones (excluding diaryl/α,β-unsaturated/α-hetero) is 1. The molecule has 5 atom stereocenters. The summed E-state index contributed by atoms with van der Waals surface area (Å²) in [6.45, 7) is 9.62. The number of rotatable bonds is 42. The number of alkyl carbamates (subject to hydrolysis) is 1. The molecule has 5 N–H and O–H groups in total. The van der Waals surface area contributed by atoms with Crippen molar-refractivity contribution in [3.8, 4) is 46.0 Å². The molecule has 6 aromatic rings. The second-order valence-corrected chi connectivity index (χ2v) is 26.7. The highest BCUT2D eigenvalue weighted by atomic mass is 32.2. The van der Waals surface area contributed by atoms with E-state index >= 15 is 0 Å². The number of amides is 5. The third kappa shape index (κ3) is 23.5. The Kier molecular flexibility index (Phi) is 29.2. The quantitative estimate of drug-likeness (QED) is 0.00792. The number of nitrogens with one attached hydrogen (secondary N) is 5. The van der Waals surface area contributed by atoms with Crippen LogP contribution in [-0.2, 0) is 59.3 Å². The molecule has 0 saturated carbocycles. The van der Waals surface area contributed by atoms with Crippen molar-refractivity contribution >= 4 is 53.2 Å². The van der Waals surface area contributed by atoms with Gasteiger partial charge in [0.05, 0.1) is 112 Å². The summed E-state index contributed by atoms with van der Waals surface area (Å²) in [6, 6.07) is 28.7. The van der Waals surface area contributed by atoms with E-state index in [4.69, 9.17) is 56.8 Å². The van der Waals surface area contributed by atoms with E-state index < -0.39 is 29.6 Å². The molecule has 102 heavy (non-hydrogen) atoms. The largest absolute Gasteiger partial charge is 0.494 e. The van der Waals surface area contributed by atoms with E-state index in [2.05, 4.69) is 36.9 Å². The van der Waals surface area contributed by atoms with Gasteiger partial charge < -0.3 is 83.4 Å². The Bertz CT molecular complexity index is 3740. The number of hydrogen-bond acceptors (Lipinski definition) is 22. The van der Waals surface area contributed by atoms with E-state index in [0.717, 1.165) is 30.6 Å². The van der Waals surface area contributed by atoms with Crippen LogP contribution >= 0.6 is 11.8 Å². The lowest BCUT2D eigenvalue weighted by atomic mass is 9.88. The van der Waals surface area contributed by atoms with Gasteiger partial charge in [-0.25, -0.2) is 19.1 Å². The highest BCUT2D eigenvalue weighted by Gasteiger charge is 2.43. The highest BCUT2D eigenvalue weighted by Crippen LogP contribution is 2.48. The van der Waals surface area contributed by atoms with Crippen LogP contribution in [0.1, 0.15) is 109 Å².